The highest BCUT2D eigenvalue weighted by atomic mass is 16.1. The van der Waals surface area contributed by atoms with Crippen molar-refractivity contribution in [3.05, 3.63) is 30.1 Å². The van der Waals surface area contributed by atoms with E-state index in [1.54, 1.807) is 0 Å². The Balaban J connectivity index is 1.92. The van der Waals surface area contributed by atoms with E-state index in [2.05, 4.69) is 22.5 Å². The molecular formula is C16H20N2O. The number of rotatable bonds is 4. The van der Waals surface area contributed by atoms with E-state index in [0.29, 0.717) is 12.3 Å². The van der Waals surface area contributed by atoms with E-state index >= 15 is 0 Å². The van der Waals surface area contributed by atoms with E-state index in [0.717, 1.165) is 36.1 Å². The maximum Gasteiger partial charge on any atom is 0.155 e. The minimum Gasteiger partial charge on any atom is -0.320 e. The zero-order valence-electron chi connectivity index (χ0n) is 11.4. The second-order valence-corrected chi connectivity index (χ2v) is 5.40. The van der Waals surface area contributed by atoms with Crippen LogP contribution in [0.15, 0.2) is 24.3 Å². The van der Waals surface area contributed by atoms with Crippen LogP contribution in [0.1, 0.15) is 38.4 Å². The zero-order valence-corrected chi connectivity index (χ0v) is 11.4. The predicted molar refractivity (Wildman–Crippen MR) is 76.1 cm³/mol. The number of fused-ring (bicyclic) bond motifs is 1. The van der Waals surface area contributed by atoms with Gasteiger partial charge in [-0.1, -0.05) is 31.9 Å². The third-order valence-corrected chi connectivity index (χ3v) is 4.17. The highest BCUT2D eigenvalue weighted by Crippen LogP contribution is 2.27. The van der Waals surface area contributed by atoms with Crippen molar-refractivity contribution in [3.63, 3.8) is 0 Å². The summed E-state index contributed by atoms with van der Waals surface area (Å²) in [5, 5.41) is 0. The maximum absolute atomic E-state index is 12.4. The summed E-state index contributed by atoms with van der Waals surface area (Å²) in [6.45, 7) is 2.59. The van der Waals surface area contributed by atoms with Crippen molar-refractivity contribution in [2.75, 3.05) is 0 Å². The molecule has 0 unspecified atom stereocenters. The summed E-state index contributed by atoms with van der Waals surface area (Å²) >= 11 is 0. The number of para-hydroxylation sites is 2. The van der Waals surface area contributed by atoms with Crippen LogP contribution in [0.3, 0.4) is 0 Å². The van der Waals surface area contributed by atoms with Crippen molar-refractivity contribution >= 4 is 16.8 Å². The van der Waals surface area contributed by atoms with Crippen LogP contribution in [0.5, 0.6) is 0 Å². The Kier molecular flexibility index (Phi) is 3.36. The summed E-state index contributed by atoms with van der Waals surface area (Å²) in [4.78, 5) is 17.0. The number of hydrogen-bond donors (Lipinski definition) is 0. The number of Topliss-reactive ketones (excluding diaryl/α,β-unsaturated/α-hetero) is 1. The molecule has 0 aliphatic heterocycles. The first-order chi connectivity index (χ1) is 9.29. The summed E-state index contributed by atoms with van der Waals surface area (Å²) < 4.78 is 2.11. The molecule has 1 saturated carbocycles. The number of imidazole rings is 1. The van der Waals surface area contributed by atoms with Crippen LogP contribution < -0.4 is 0 Å². The smallest absolute Gasteiger partial charge is 0.155 e. The quantitative estimate of drug-likeness (QED) is 0.840. The number of ketones is 1. The minimum atomic E-state index is 0.283. The molecule has 0 atom stereocenters. The number of nitrogens with zero attached hydrogens (tertiary/aromatic N) is 2. The predicted octanol–water partition coefficient (Wildman–Crippen LogP) is 3.36. The fourth-order valence-corrected chi connectivity index (χ4v) is 3.10. The van der Waals surface area contributed by atoms with E-state index in [4.69, 9.17) is 0 Å². The van der Waals surface area contributed by atoms with Gasteiger partial charge in [0.15, 0.2) is 5.78 Å². The van der Waals surface area contributed by atoms with Gasteiger partial charge in [0.2, 0.25) is 0 Å². The maximum atomic E-state index is 12.4. The molecule has 0 saturated heterocycles. The van der Waals surface area contributed by atoms with E-state index in [-0.39, 0.29) is 5.92 Å². The van der Waals surface area contributed by atoms with Gasteiger partial charge in [0.25, 0.3) is 0 Å². The lowest BCUT2D eigenvalue weighted by Gasteiger charge is -2.11. The number of hydrogen-bond acceptors (Lipinski definition) is 2. The lowest BCUT2D eigenvalue weighted by atomic mass is 10.0. The third kappa shape index (κ3) is 2.29. The van der Waals surface area contributed by atoms with Crippen molar-refractivity contribution < 1.29 is 4.79 Å². The Bertz CT molecular complexity index is 594. The third-order valence-electron chi connectivity index (χ3n) is 4.17. The van der Waals surface area contributed by atoms with Crippen molar-refractivity contribution in [1.29, 1.82) is 0 Å². The van der Waals surface area contributed by atoms with Crippen LogP contribution >= 0.6 is 0 Å². The number of aromatic nitrogens is 2. The average molecular weight is 256 g/mol. The average Bonchev–Trinajstić information content (AvgIpc) is 3.06. The normalized spacial score (nSPS) is 16.3. The van der Waals surface area contributed by atoms with Gasteiger partial charge < -0.3 is 4.57 Å². The molecule has 1 heterocycles. The number of carbonyl (C=O) groups excluding carboxylic acids is 1. The van der Waals surface area contributed by atoms with Crippen molar-refractivity contribution in [2.45, 2.75) is 45.6 Å². The molecule has 0 amide bonds. The van der Waals surface area contributed by atoms with Crippen molar-refractivity contribution in [2.24, 2.45) is 5.92 Å². The van der Waals surface area contributed by atoms with Crippen LogP contribution in [0.4, 0.5) is 0 Å². The van der Waals surface area contributed by atoms with Gasteiger partial charge in [-0.3, -0.25) is 4.79 Å². The fourth-order valence-electron chi connectivity index (χ4n) is 3.10. The molecule has 1 aromatic heterocycles. The highest BCUT2D eigenvalue weighted by molar-refractivity contribution is 5.84. The van der Waals surface area contributed by atoms with Gasteiger partial charge in [-0.25, -0.2) is 4.98 Å². The van der Waals surface area contributed by atoms with Crippen LogP contribution in [-0.2, 0) is 17.8 Å². The molecule has 0 bridgehead atoms. The summed E-state index contributed by atoms with van der Waals surface area (Å²) in [6.07, 6.45) is 5.44. The van der Waals surface area contributed by atoms with E-state index in [1.807, 2.05) is 18.2 Å². The summed E-state index contributed by atoms with van der Waals surface area (Å²) in [7, 11) is 0. The molecule has 1 fully saturated rings. The topological polar surface area (TPSA) is 34.9 Å². The molecule has 2 aromatic rings. The van der Waals surface area contributed by atoms with E-state index < -0.39 is 0 Å². The lowest BCUT2D eigenvalue weighted by Crippen LogP contribution is -2.19. The van der Waals surface area contributed by atoms with E-state index in [9.17, 15) is 4.79 Å². The molecule has 100 valence electrons. The van der Waals surface area contributed by atoms with Crippen LogP contribution in [0.2, 0.25) is 0 Å². The monoisotopic (exact) mass is 256 g/mol. The van der Waals surface area contributed by atoms with E-state index in [1.165, 1.54) is 12.8 Å². The zero-order chi connectivity index (χ0) is 13.2. The number of carbonyl (C=O) groups is 1. The molecule has 3 rings (SSSR count). The Morgan fingerprint density at radius 3 is 2.79 bits per heavy atom. The van der Waals surface area contributed by atoms with Gasteiger partial charge in [0.1, 0.15) is 5.82 Å². The first-order valence-electron chi connectivity index (χ1n) is 7.26. The first kappa shape index (κ1) is 12.4. The van der Waals surface area contributed by atoms with Gasteiger partial charge in [-0.05, 0) is 25.0 Å². The van der Waals surface area contributed by atoms with Gasteiger partial charge >= 0.3 is 0 Å². The Morgan fingerprint density at radius 2 is 2.05 bits per heavy atom. The highest BCUT2D eigenvalue weighted by Gasteiger charge is 2.23. The number of aryl methyl sites for hydroxylation is 1. The molecular weight excluding hydrogens is 236 g/mol. The fraction of sp³-hybridized carbons (Fsp3) is 0.500. The van der Waals surface area contributed by atoms with Crippen molar-refractivity contribution in [3.8, 4) is 0 Å². The summed E-state index contributed by atoms with van der Waals surface area (Å²) in [5.41, 5.74) is 2.09. The van der Waals surface area contributed by atoms with Crippen LogP contribution in [-0.4, -0.2) is 15.3 Å². The molecule has 19 heavy (non-hydrogen) atoms. The largest absolute Gasteiger partial charge is 0.320 e. The summed E-state index contributed by atoms with van der Waals surface area (Å²) in [6, 6.07) is 8.09. The first-order valence-corrected chi connectivity index (χ1v) is 7.26. The number of benzene rings is 1. The standard InChI is InChI=1S/C16H20N2O/c1-2-16-17-13-9-5-6-10-14(13)18(16)11-15(19)12-7-3-4-8-12/h5-6,9-10,12H,2-4,7-8,11H2,1H3. The Labute approximate surface area is 113 Å². The van der Waals surface area contributed by atoms with Gasteiger partial charge in [0, 0.05) is 12.3 Å². The Morgan fingerprint density at radius 1 is 1.32 bits per heavy atom. The molecule has 0 N–H and O–H groups in total. The lowest BCUT2D eigenvalue weighted by molar-refractivity contribution is -0.123. The molecule has 1 aliphatic rings. The molecule has 3 nitrogen and oxygen atoms in total. The minimum absolute atomic E-state index is 0.283. The Hall–Kier alpha value is -1.64. The molecule has 3 heteroatoms. The van der Waals surface area contributed by atoms with Gasteiger partial charge in [-0.2, -0.15) is 0 Å². The van der Waals surface area contributed by atoms with Crippen LogP contribution in [0.25, 0.3) is 11.0 Å². The van der Waals surface area contributed by atoms with Gasteiger partial charge in [0.05, 0.1) is 17.6 Å². The second kappa shape index (κ2) is 5.16. The second-order valence-electron chi connectivity index (χ2n) is 5.40. The molecule has 0 radical (unpaired) electrons. The molecule has 1 aromatic carbocycles. The summed E-state index contributed by atoms with van der Waals surface area (Å²) in [5.74, 6) is 1.69. The van der Waals surface area contributed by atoms with Crippen LogP contribution in [0, 0.1) is 5.92 Å². The van der Waals surface area contributed by atoms with Crippen molar-refractivity contribution in [1.82, 2.24) is 9.55 Å². The molecule has 0 spiro atoms. The van der Waals surface area contributed by atoms with Gasteiger partial charge in [-0.15, -0.1) is 0 Å². The SMILES string of the molecule is CCc1nc2ccccc2n1CC(=O)C1CCCC1. The molecule has 1 aliphatic carbocycles.